The fourth-order valence-electron chi connectivity index (χ4n) is 13.7. The number of rotatable bonds is 14. The molecule has 1 heterocycles. The maximum atomic E-state index is 5.67. The molecule has 5 saturated carbocycles. The normalized spacial score (nSPS) is 27.5. The second kappa shape index (κ2) is 25.0. The van der Waals surface area contributed by atoms with Crippen molar-refractivity contribution in [1.82, 2.24) is 9.80 Å². The molecule has 0 N–H and O–H groups in total. The fourth-order valence-corrected chi connectivity index (χ4v) is 20.7. The van der Waals surface area contributed by atoms with Crippen LogP contribution < -0.4 is 0 Å². The predicted octanol–water partition coefficient (Wildman–Crippen LogP) is 18.1. The second-order valence-electron chi connectivity index (χ2n) is 23.5. The van der Waals surface area contributed by atoms with Gasteiger partial charge in [0.25, 0.3) is 0 Å². The molecule has 6 aliphatic rings. The van der Waals surface area contributed by atoms with Crippen molar-refractivity contribution in [2.24, 2.45) is 34.5 Å². The van der Waals surface area contributed by atoms with Gasteiger partial charge in [0.15, 0.2) is 0 Å². The zero-order valence-electron chi connectivity index (χ0n) is 42.6. The summed E-state index contributed by atoms with van der Waals surface area (Å²) in [6, 6.07) is 34.4. The monoisotopic (exact) mass is 1040 g/mol. The first-order valence-corrected chi connectivity index (χ1v) is 34.2. The molecule has 0 bridgehead atoms. The summed E-state index contributed by atoms with van der Waals surface area (Å²) in [5.74, 6) is 2.94. The first-order valence-electron chi connectivity index (χ1n) is 27.0. The molecule has 9 rings (SSSR count). The molecule has 5 aliphatic carbocycles. The SMILES string of the molecule is C1CCC([PH+](C2CCCCC2)C2CCCCC2)CC1.CC[C@@H]([C@@H](C)[C@@H]1CC1(C)C)N1[CH-]N([C@@H](C[C@H]2CC2(C)C)C(C)C)[C@H](c2ccccc2)[C@H]1c1ccccc1.[Cl][Ru]([Cl])=[CH]c1ccccc1. The van der Waals surface area contributed by atoms with Gasteiger partial charge < -0.3 is 9.80 Å². The summed E-state index contributed by atoms with van der Waals surface area (Å²) < 4.78 is 1.92. The molecule has 0 amide bonds. The van der Waals surface area contributed by atoms with Crippen LogP contribution in [0, 0.1) is 41.2 Å². The van der Waals surface area contributed by atoms with Crippen LogP contribution in [-0.4, -0.2) is 43.5 Å². The van der Waals surface area contributed by atoms with Crippen molar-refractivity contribution in [2.45, 2.75) is 219 Å². The Morgan fingerprint density at radius 2 is 1.00 bits per heavy atom. The summed E-state index contributed by atoms with van der Waals surface area (Å²) in [4.78, 5) is 5.64. The molecule has 6 fully saturated rings. The summed E-state index contributed by atoms with van der Waals surface area (Å²) in [6.45, 7) is 22.3. The molecule has 3 aromatic rings. The first-order chi connectivity index (χ1) is 31.8. The van der Waals surface area contributed by atoms with Gasteiger partial charge in [0.1, 0.15) is 0 Å². The van der Waals surface area contributed by atoms with E-state index in [1.54, 1.807) is 96.3 Å². The molecule has 6 heteroatoms. The van der Waals surface area contributed by atoms with Crippen molar-refractivity contribution in [3.05, 3.63) is 114 Å². The molecule has 368 valence electrons. The van der Waals surface area contributed by atoms with Gasteiger partial charge in [-0.05, 0) is 160 Å². The van der Waals surface area contributed by atoms with Crippen molar-refractivity contribution in [3.63, 3.8) is 0 Å². The molecule has 0 spiro atoms. The molecule has 1 aliphatic heterocycles. The van der Waals surface area contributed by atoms with Gasteiger partial charge >= 0.3 is 73.4 Å². The molecular weight excluding hydrogens is 952 g/mol. The molecule has 0 unspecified atom stereocenters. The van der Waals surface area contributed by atoms with E-state index in [-0.39, 0.29) is 7.92 Å². The Morgan fingerprint density at radius 3 is 1.35 bits per heavy atom. The van der Waals surface area contributed by atoms with Crippen LogP contribution >= 0.6 is 27.3 Å². The first kappa shape index (κ1) is 52.9. The quantitative estimate of drug-likeness (QED) is 0.0902. The van der Waals surface area contributed by atoms with Crippen LogP contribution in [0.25, 0.3) is 0 Å². The van der Waals surface area contributed by atoms with E-state index < -0.39 is 13.5 Å². The van der Waals surface area contributed by atoms with Crippen LogP contribution in [0.1, 0.15) is 206 Å². The Hall–Kier alpha value is -0.917. The van der Waals surface area contributed by atoms with E-state index >= 15 is 0 Å². The molecule has 2 nitrogen and oxygen atoms in total. The van der Waals surface area contributed by atoms with Crippen LogP contribution in [0.15, 0.2) is 91.0 Å². The number of hydrogen-bond acceptors (Lipinski definition) is 2. The predicted molar refractivity (Wildman–Crippen MR) is 289 cm³/mol. The summed E-state index contributed by atoms with van der Waals surface area (Å²) in [5, 5.41) is 0. The third kappa shape index (κ3) is 14.2. The van der Waals surface area contributed by atoms with Gasteiger partial charge in [0, 0.05) is 20.0 Å². The van der Waals surface area contributed by atoms with Crippen molar-refractivity contribution in [2.75, 3.05) is 0 Å². The van der Waals surface area contributed by atoms with Crippen molar-refractivity contribution < 1.29 is 13.5 Å². The van der Waals surface area contributed by atoms with Gasteiger partial charge in [-0.1, -0.05) is 135 Å². The van der Waals surface area contributed by atoms with E-state index in [2.05, 4.69) is 133 Å². The summed E-state index contributed by atoms with van der Waals surface area (Å²) in [5.41, 5.74) is 8.69. The molecule has 0 aromatic heterocycles. The van der Waals surface area contributed by atoms with Crippen LogP contribution in [-0.2, 0) is 13.5 Å². The van der Waals surface area contributed by atoms with Crippen molar-refractivity contribution in [1.29, 1.82) is 0 Å². The second-order valence-corrected chi connectivity index (χ2v) is 32.7. The topological polar surface area (TPSA) is 6.48 Å². The molecule has 1 saturated heterocycles. The van der Waals surface area contributed by atoms with Gasteiger partial charge in [-0.25, -0.2) is 6.67 Å². The number of nitrogens with zero attached hydrogens (tertiary/aromatic N) is 2. The van der Waals surface area contributed by atoms with Gasteiger partial charge in [-0.15, -0.1) is 0 Å². The van der Waals surface area contributed by atoms with E-state index in [1.807, 2.05) is 34.9 Å². The van der Waals surface area contributed by atoms with E-state index in [0.29, 0.717) is 46.8 Å². The third-order valence-corrected chi connectivity index (χ3v) is 24.2. The third-order valence-electron chi connectivity index (χ3n) is 17.7. The van der Waals surface area contributed by atoms with Gasteiger partial charge in [-0.3, -0.25) is 0 Å². The van der Waals surface area contributed by atoms with Gasteiger partial charge in [0.05, 0.1) is 17.0 Å². The Bertz CT molecular complexity index is 1790. The van der Waals surface area contributed by atoms with Crippen LogP contribution in [0.5, 0.6) is 0 Å². The fraction of sp³-hybridized carbons (Fsp3) is 0.667. The Morgan fingerprint density at radius 1 is 0.606 bits per heavy atom. The van der Waals surface area contributed by atoms with E-state index in [4.69, 9.17) is 19.4 Å². The summed E-state index contributed by atoms with van der Waals surface area (Å²) in [7, 11) is 11.3. The van der Waals surface area contributed by atoms with Crippen LogP contribution in [0.2, 0.25) is 0 Å². The maximum absolute atomic E-state index is 5.67. The molecule has 3 aromatic carbocycles. The van der Waals surface area contributed by atoms with Gasteiger partial charge in [0.2, 0.25) is 0 Å². The number of benzene rings is 3. The zero-order valence-corrected chi connectivity index (χ0v) is 46.9. The standard InChI is InChI=1S/C35H51N2.C18H33P.C7H6.2ClH.Ru/c1-9-30(25(4)29-22-35(29,7)8)36-23-37(31(24(2)3)20-28-21-34(28,5)6)33(27-18-14-11-15-19-27)32(36)26-16-12-10-13-17-26;1-4-10-16(11-5-1)19(17-12-6-2-7-13-17)18-14-8-3-9-15-18;1-7-5-3-2-4-6-7;;;/h10-19,23-25,28-33H,9,20-22H2,1-8H3;16-18H,1-15H2;1-6H;2*1H;/q-1;;;;;+2/p-1/t25-,28-,29-,30-,31-,32+,33+;;;;;/m0...../s1. The Kier molecular flexibility index (Phi) is 20.0. The average molecular weight is 1040 g/mol. The number of hydrogen-bond donors (Lipinski definition) is 0. The van der Waals surface area contributed by atoms with E-state index in [9.17, 15) is 0 Å². The summed E-state index contributed by atoms with van der Waals surface area (Å²) >= 11 is -1.61. The van der Waals surface area contributed by atoms with Crippen molar-refractivity contribution in [3.8, 4) is 0 Å². The average Bonchev–Trinajstić information content (AvgIpc) is 4.11. The zero-order chi connectivity index (χ0) is 46.8. The Labute approximate surface area is 419 Å². The summed E-state index contributed by atoms with van der Waals surface area (Å²) in [6.07, 6.45) is 29.0. The number of halogens is 2. The molecular formula is C60H91Cl2N2PRu. The molecule has 7 atom stereocenters. The van der Waals surface area contributed by atoms with E-state index in [0.717, 1.165) is 17.4 Å². The van der Waals surface area contributed by atoms with E-state index in [1.165, 1.54) is 53.8 Å². The molecule has 0 radical (unpaired) electrons. The Balaban J connectivity index is 0.000000184. The minimum absolute atomic E-state index is 0.0465. The van der Waals surface area contributed by atoms with Crippen molar-refractivity contribution >= 4 is 31.9 Å². The van der Waals surface area contributed by atoms with Gasteiger partial charge in [-0.2, -0.15) is 0 Å². The minimum atomic E-state index is -1.61. The van der Waals surface area contributed by atoms with Crippen LogP contribution in [0.4, 0.5) is 0 Å². The molecule has 66 heavy (non-hydrogen) atoms. The van der Waals surface area contributed by atoms with Crippen LogP contribution in [0.3, 0.4) is 0 Å².